The van der Waals surface area contributed by atoms with Gasteiger partial charge in [0.05, 0.1) is 0 Å². The summed E-state index contributed by atoms with van der Waals surface area (Å²) in [5, 5.41) is 3.41. The van der Waals surface area contributed by atoms with E-state index in [4.69, 9.17) is 5.73 Å². The van der Waals surface area contributed by atoms with Crippen LogP contribution in [0.4, 0.5) is 5.69 Å². The zero-order valence-corrected chi connectivity index (χ0v) is 11.2. The molecular weight excluding hydrogens is 224 g/mol. The van der Waals surface area contributed by atoms with E-state index in [0.29, 0.717) is 5.92 Å². The van der Waals surface area contributed by atoms with Gasteiger partial charge in [0.15, 0.2) is 0 Å². The minimum atomic E-state index is -0.552. The molecule has 98 valence electrons. The lowest BCUT2D eigenvalue weighted by Crippen LogP contribution is -2.52. The Morgan fingerprint density at radius 2 is 2.00 bits per heavy atom. The lowest BCUT2D eigenvalue weighted by atomic mass is 9.86. The SMILES string of the molecule is CCCC(Nc1ccc(C)cc1)(C(N)=O)C1CC1. The van der Waals surface area contributed by atoms with Crippen LogP contribution in [0.1, 0.15) is 38.2 Å². The molecular formula is C15H22N2O. The van der Waals surface area contributed by atoms with Gasteiger partial charge in [-0.05, 0) is 44.2 Å². The molecule has 3 N–H and O–H groups in total. The average molecular weight is 246 g/mol. The Labute approximate surface area is 109 Å². The Morgan fingerprint density at radius 3 is 2.44 bits per heavy atom. The third-order valence-corrected chi connectivity index (χ3v) is 3.78. The van der Waals surface area contributed by atoms with Gasteiger partial charge in [0.25, 0.3) is 0 Å². The second-order valence-corrected chi connectivity index (χ2v) is 5.35. The molecule has 2 rings (SSSR count). The Hall–Kier alpha value is -1.51. The van der Waals surface area contributed by atoms with Crippen molar-refractivity contribution in [3.63, 3.8) is 0 Å². The first-order chi connectivity index (χ1) is 8.58. The normalized spacial score (nSPS) is 18.1. The van der Waals surface area contributed by atoms with Crippen LogP contribution in [0.25, 0.3) is 0 Å². The monoisotopic (exact) mass is 246 g/mol. The van der Waals surface area contributed by atoms with Crippen LogP contribution in [0.3, 0.4) is 0 Å². The van der Waals surface area contributed by atoms with Gasteiger partial charge in [0.2, 0.25) is 5.91 Å². The van der Waals surface area contributed by atoms with Gasteiger partial charge in [0.1, 0.15) is 5.54 Å². The number of primary amides is 1. The molecule has 1 aliphatic rings. The van der Waals surface area contributed by atoms with Gasteiger partial charge in [-0.3, -0.25) is 4.79 Å². The first-order valence-corrected chi connectivity index (χ1v) is 6.73. The molecule has 1 aromatic rings. The van der Waals surface area contributed by atoms with Crippen molar-refractivity contribution >= 4 is 11.6 Å². The minimum Gasteiger partial charge on any atom is -0.371 e. The maximum atomic E-state index is 11.9. The van der Waals surface area contributed by atoms with Crippen molar-refractivity contribution < 1.29 is 4.79 Å². The first kappa shape index (κ1) is 12.9. The Bertz CT molecular complexity index is 423. The number of nitrogens with two attached hydrogens (primary N) is 1. The second-order valence-electron chi connectivity index (χ2n) is 5.35. The molecule has 0 saturated heterocycles. The summed E-state index contributed by atoms with van der Waals surface area (Å²) in [6, 6.07) is 8.13. The number of rotatable bonds is 6. The van der Waals surface area contributed by atoms with Crippen molar-refractivity contribution in [1.82, 2.24) is 0 Å². The molecule has 1 aliphatic carbocycles. The summed E-state index contributed by atoms with van der Waals surface area (Å²) >= 11 is 0. The number of nitrogens with one attached hydrogen (secondary N) is 1. The van der Waals surface area contributed by atoms with E-state index < -0.39 is 5.54 Å². The molecule has 0 spiro atoms. The molecule has 1 saturated carbocycles. The summed E-state index contributed by atoms with van der Waals surface area (Å²) in [5.74, 6) is 0.184. The minimum absolute atomic E-state index is 0.215. The van der Waals surface area contributed by atoms with Crippen molar-refractivity contribution in [2.75, 3.05) is 5.32 Å². The highest BCUT2D eigenvalue weighted by atomic mass is 16.1. The third-order valence-electron chi connectivity index (χ3n) is 3.78. The number of anilines is 1. The number of benzene rings is 1. The highest BCUT2D eigenvalue weighted by molar-refractivity contribution is 5.88. The number of carbonyl (C=O) groups is 1. The fraction of sp³-hybridized carbons (Fsp3) is 0.533. The zero-order valence-electron chi connectivity index (χ0n) is 11.2. The summed E-state index contributed by atoms with van der Waals surface area (Å²) in [6.45, 7) is 4.15. The molecule has 1 amide bonds. The molecule has 0 aromatic heterocycles. The molecule has 0 bridgehead atoms. The first-order valence-electron chi connectivity index (χ1n) is 6.73. The zero-order chi connectivity index (χ0) is 13.2. The molecule has 1 atom stereocenters. The molecule has 1 unspecified atom stereocenters. The van der Waals surface area contributed by atoms with Gasteiger partial charge in [0, 0.05) is 5.69 Å². The molecule has 3 heteroatoms. The van der Waals surface area contributed by atoms with Crippen LogP contribution in [0, 0.1) is 12.8 Å². The van der Waals surface area contributed by atoms with Crippen molar-refractivity contribution in [2.45, 2.75) is 45.1 Å². The van der Waals surface area contributed by atoms with E-state index in [1.165, 1.54) is 5.56 Å². The van der Waals surface area contributed by atoms with E-state index in [9.17, 15) is 4.79 Å². The molecule has 18 heavy (non-hydrogen) atoms. The molecule has 0 radical (unpaired) electrons. The highest BCUT2D eigenvalue weighted by Gasteiger charge is 2.49. The largest absolute Gasteiger partial charge is 0.371 e. The van der Waals surface area contributed by atoms with E-state index in [2.05, 4.69) is 19.2 Å². The topological polar surface area (TPSA) is 55.1 Å². The highest BCUT2D eigenvalue weighted by Crippen LogP contribution is 2.44. The summed E-state index contributed by atoms with van der Waals surface area (Å²) in [5.41, 5.74) is 7.32. The third kappa shape index (κ3) is 2.50. The molecule has 3 nitrogen and oxygen atoms in total. The molecule has 0 aliphatic heterocycles. The second kappa shape index (κ2) is 5.01. The van der Waals surface area contributed by atoms with Crippen molar-refractivity contribution in [2.24, 2.45) is 11.7 Å². The number of hydrogen-bond acceptors (Lipinski definition) is 2. The van der Waals surface area contributed by atoms with Crippen molar-refractivity contribution in [3.8, 4) is 0 Å². The average Bonchev–Trinajstić information content (AvgIpc) is 3.15. The maximum absolute atomic E-state index is 11.9. The van der Waals surface area contributed by atoms with Gasteiger partial charge >= 0.3 is 0 Å². The fourth-order valence-electron chi connectivity index (χ4n) is 2.62. The number of hydrogen-bond donors (Lipinski definition) is 2. The van der Waals surface area contributed by atoms with E-state index in [1.807, 2.05) is 24.3 Å². The van der Waals surface area contributed by atoms with E-state index >= 15 is 0 Å². The summed E-state index contributed by atoms with van der Waals surface area (Å²) in [6.07, 6.45) is 3.96. The smallest absolute Gasteiger partial charge is 0.243 e. The van der Waals surface area contributed by atoms with Gasteiger partial charge < -0.3 is 11.1 Å². The van der Waals surface area contributed by atoms with Crippen LogP contribution in [-0.2, 0) is 4.79 Å². The van der Waals surface area contributed by atoms with Crippen LogP contribution < -0.4 is 11.1 Å². The number of amides is 1. The van der Waals surface area contributed by atoms with E-state index in [-0.39, 0.29) is 5.91 Å². The lowest BCUT2D eigenvalue weighted by Gasteiger charge is -2.33. The van der Waals surface area contributed by atoms with Gasteiger partial charge in [-0.2, -0.15) is 0 Å². The van der Waals surface area contributed by atoms with E-state index in [1.54, 1.807) is 0 Å². The summed E-state index contributed by atoms with van der Waals surface area (Å²) in [4.78, 5) is 11.9. The predicted octanol–water partition coefficient (Wildman–Crippen LogP) is 2.84. The van der Waals surface area contributed by atoms with Gasteiger partial charge in [-0.15, -0.1) is 0 Å². The van der Waals surface area contributed by atoms with Crippen molar-refractivity contribution in [3.05, 3.63) is 29.8 Å². The van der Waals surface area contributed by atoms with Gasteiger partial charge in [-0.1, -0.05) is 31.0 Å². The predicted molar refractivity (Wildman–Crippen MR) is 74.4 cm³/mol. The number of carbonyl (C=O) groups excluding carboxylic acids is 1. The Balaban J connectivity index is 2.23. The van der Waals surface area contributed by atoms with E-state index in [0.717, 1.165) is 31.4 Å². The lowest BCUT2D eigenvalue weighted by molar-refractivity contribution is -0.123. The van der Waals surface area contributed by atoms with Gasteiger partial charge in [-0.25, -0.2) is 0 Å². The molecule has 1 fully saturated rings. The standard InChI is InChI=1S/C15H22N2O/c1-3-10-15(14(16)18,12-6-7-12)17-13-8-4-11(2)5-9-13/h4-5,8-9,12,17H,3,6-7,10H2,1-2H3,(H2,16,18). The van der Waals surface area contributed by atoms with Crippen LogP contribution in [0.15, 0.2) is 24.3 Å². The number of aryl methyl sites for hydroxylation is 1. The van der Waals surface area contributed by atoms with Crippen LogP contribution in [0.2, 0.25) is 0 Å². The quantitative estimate of drug-likeness (QED) is 0.811. The summed E-state index contributed by atoms with van der Waals surface area (Å²) in [7, 11) is 0. The van der Waals surface area contributed by atoms with Crippen LogP contribution in [0.5, 0.6) is 0 Å². The Kier molecular flexibility index (Phi) is 3.60. The van der Waals surface area contributed by atoms with Crippen molar-refractivity contribution in [1.29, 1.82) is 0 Å². The fourth-order valence-corrected chi connectivity index (χ4v) is 2.62. The molecule has 0 heterocycles. The summed E-state index contributed by atoms with van der Waals surface area (Å²) < 4.78 is 0. The van der Waals surface area contributed by atoms with Crippen LogP contribution >= 0.6 is 0 Å². The maximum Gasteiger partial charge on any atom is 0.243 e. The Morgan fingerprint density at radius 1 is 1.39 bits per heavy atom. The van der Waals surface area contributed by atoms with Crippen LogP contribution in [-0.4, -0.2) is 11.4 Å². The molecule has 1 aromatic carbocycles.